The summed E-state index contributed by atoms with van der Waals surface area (Å²) in [7, 11) is 1.76. The molecule has 2 rings (SSSR count). The van der Waals surface area contributed by atoms with Gasteiger partial charge in [-0.25, -0.2) is 4.39 Å². The van der Waals surface area contributed by atoms with Crippen LogP contribution in [0.15, 0.2) is 29.4 Å². The van der Waals surface area contributed by atoms with Gasteiger partial charge in [0.2, 0.25) is 5.91 Å². The number of ketones is 1. The predicted octanol–water partition coefficient (Wildman–Crippen LogP) is 2.98. The fourth-order valence-electron chi connectivity index (χ4n) is 2.66. The number of aromatic nitrogens is 3. The quantitative estimate of drug-likeness (QED) is 0.715. The molecule has 0 bridgehead atoms. The van der Waals surface area contributed by atoms with E-state index in [0.717, 1.165) is 0 Å². The lowest BCUT2D eigenvalue weighted by atomic mass is 9.98. The van der Waals surface area contributed by atoms with E-state index in [2.05, 4.69) is 15.5 Å². The summed E-state index contributed by atoms with van der Waals surface area (Å²) in [6, 6.07) is 6.40. The second-order valence-electron chi connectivity index (χ2n) is 6.75. The van der Waals surface area contributed by atoms with Crippen LogP contribution in [0.2, 0.25) is 0 Å². The minimum Gasteiger partial charge on any atom is -0.351 e. The summed E-state index contributed by atoms with van der Waals surface area (Å²) in [5, 5.41) is 11.6. The number of hydrogen-bond donors (Lipinski definition) is 1. The first kappa shape index (κ1) is 20.1. The molecule has 0 aliphatic heterocycles. The molecule has 1 aromatic carbocycles. The smallest absolute Gasteiger partial charge is 0.221 e. The molecule has 0 aliphatic rings. The number of amides is 1. The number of thioether (sulfide) groups is 1. The van der Waals surface area contributed by atoms with Gasteiger partial charge in [0.05, 0.1) is 5.56 Å². The number of rotatable bonds is 8. The number of carbonyl (C=O) groups is 2. The Bertz CT molecular complexity index is 804. The average molecular weight is 378 g/mol. The molecule has 2 aromatic rings. The molecule has 1 heterocycles. The normalized spacial score (nSPS) is 11.4. The van der Waals surface area contributed by atoms with Gasteiger partial charge in [-0.1, -0.05) is 23.9 Å². The summed E-state index contributed by atoms with van der Waals surface area (Å²) in [5.74, 6) is 0.500. The molecule has 1 amide bonds. The van der Waals surface area contributed by atoms with Crippen LogP contribution in [0.25, 0.3) is 11.4 Å². The Morgan fingerprint density at radius 2 is 1.96 bits per heavy atom. The Labute approximate surface area is 156 Å². The molecule has 8 heteroatoms. The summed E-state index contributed by atoms with van der Waals surface area (Å²) in [6.07, 6.45) is 0.578. The minimum absolute atomic E-state index is 0.0319. The van der Waals surface area contributed by atoms with Crippen molar-refractivity contribution >= 4 is 23.5 Å². The lowest BCUT2D eigenvalue weighted by Gasteiger charge is -2.24. The number of nitrogens with one attached hydrogen (secondary N) is 1. The van der Waals surface area contributed by atoms with E-state index in [-0.39, 0.29) is 23.9 Å². The van der Waals surface area contributed by atoms with Gasteiger partial charge >= 0.3 is 0 Å². The zero-order chi connectivity index (χ0) is 19.3. The van der Waals surface area contributed by atoms with Gasteiger partial charge in [-0.2, -0.15) is 0 Å². The highest BCUT2D eigenvalue weighted by Crippen LogP contribution is 2.24. The molecule has 0 fully saturated rings. The fraction of sp³-hybridized carbons (Fsp3) is 0.444. The molecule has 6 nitrogen and oxygen atoms in total. The first-order valence-corrected chi connectivity index (χ1v) is 9.26. The molecule has 0 saturated carbocycles. The monoisotopic (exact) mass is 378 g/mol. The Kier molecular flexibility index (Phi) is 6.52. The van der Waals surface area contributed by atoms with Crippen LogP contribution in [0.5, 0.6) is 0 Å². The van der Waals surface area contributed by atoms with E-state index in [4.69, 9.17) is 0 Å². The van der Waals surface area contributed by atoms with Crippen LogP contribution in [0.3, 0.4) is 0 Å². The topological polar surface area (TPSA) is 76.9 Å². The third-order valence-electron chi connectivity index (χ3n) is 3.68. The third-order valence-corrected chi connectivity index (χ3v) is 4.70. The van der Waals surface area contributed by atoms with Crippen LogP contribution in [0, 0.1) is 5.82 Å². The second kappa shape index (κ2) is 8.44. The number of halogens is 1. The lowest BCUT2D eigenvalue weighted by molar-refractivity contribution is -0.123. The van der Waals surface area contributed by atoms with Crippen LogP contribution in [-0.2, 0) is 16.6 Å². The first-order chi connectivity index (χ1) is 12.2. The molecule has 140 valence electrons. The van der Waals surface area contributed by atoms with E-state index in [1.807, 2.05) is 13.8 Å². The van der Waals surface area contributed by atoms with Crippen molar-refractivity contribution in [2.45, 2.75) is 44.3 Å². The summed E-state index contributed by atoms with van der Waals surface area (Å²) in [6.45, 7) is 5.15. The SMILES string of the molecule is CC(=O)CC(C)(C)NC(=O)CCSc1nnc(-c2ccccc2F)n1C. The molecule has 0 unspecified atom stereocenters. The number of hydrogen-bond acceptors (Lipinski definition) is 5. The maximum atomic E-state index is 13.9. The summed E-state index contributed by atoms with van der Waals surface area (Å²) >= 11 is 1.38. The van der Waals surface area contributed by atoms with Crippen molar-refractivity contribution in [3.63, 3.8) is 0 Å². The van der Waals surface area contributed by atoms with Crippen LogP contribution in [0.4, 0.5) is 4.39 Å². The number of benzene rings is 1. The Morgan fingerprint density at radius 3 is 2.62 bits per heavy atom. The maximum absolute atomic E-state index is 13.9. The molecule has 0 radical (unpaired) electrons. The van der Waals surface area contributed by atoms with Crippen molar-refractivity contribution in [2.75, 3.05) is 5.75 Å². The van der Waals surface area contributed by atoms with Crippen molar-refractivity contribution in [1.29, 1.82) is 0 Å². The summed E-state index contributed by atoms with van der Waals surface area (Å²) in [5.41, 5.74) is -0.172. The van der Waals surface area contributed by atoms with Crippen LogP contribution >= 0.6 is 11.8 Å². The fourth-order valence-corrected chi connectivity index (χ4v) is 3.51. The van der Waals surface area contributed by atoms with Crippen molar-refractivity contribution in [3.05, 3.63) is 30.1 Å². The summed E-state index contributed by atoms with van der Waals surface area (Å²) < 4.78 is 15.6. The molecular weight excluding hydrogens is 355 g/mol. The van der Waals surface area contributed by atoms with Gasteiger partial charge in [0, 0.05) is 31.2 Å². The van der Waals surface area contributed by atoms with Crippen molar-refractivity contribution in [2.24, 2.45) is 7.05 Å². The molecule has 0 spiro atoms. The Hall–Kier alpha value is -2.22. The number of nitrogens with zero attached hydrogens (tertiary/aromatic N) is 3. The van der Waals surface area contributed by atoms with E-state index in [1.165, 1.54) is 24.8 Å². The highest BCUT2D eigenvalue weighted by Gasteiger charge is 2.22. The lowest BCUT2D eigenvalue weighted by Crippen LogP contribution is -2.44. The van der Waals surface area contributed by atoms with E-state index < -0.39 is 5.54 Å². The molecule has 0 atom stereocenters. The molecule has 1 aromatic heterocycles. The predicted molar refractivity (Wildman–Crippen MR) is 99.3 cm³/mol. The number of Topliss-reactive ketones (excluding diaryl/α,β-unsaturated/α-hetero) is 1. The molecule has 0 saturated heterocycles. The van der Waals surface area contributed by atoms with Crippen molar-refractivity contribution in [3.8, 4) is 11.4 Å². The van der Waals surface area contributed by atoms with Crippen molar-refractivity contribution in [1.82, 2.24) is 20.1 Å². The maximum Gasteiger partial charge on any atom is 0.221 e. The van der Waals surface area contributed by atoms with Gasteiger partial charge < -0.3 is 9.88 Å². The highest BCUT2D eigenvalue weighted by molar-refractivity contribution is 7.99. The van der Waals surface area contributed by atoms with Gasteiger partial charge in [-0.05, 0) is 32.9 Å². The van der Waals surface area contributed by atoms with Crippen LogP contribution in [0.1, 0.15) is 33.6 Å². The Balaban J connectivity index is 1.92. The number of carbonyl (C=O) groups excluding carboxylic acids is 2. The van der Waals surface area contributed by atoms with Gasteiger partial charge in [-0.3, -0.25) is 9.59 Å². The van der Waals surface area contributed by atoms with E-state index in [0.29, 0.717) is 28.7 Å². The third kappa shape index (κ3) is 5.39. The second-order valence-corrected chi connectivity index (χ2v) is 7.82. The van der Waals surface area contributed by atoms with Gasteiger partial charge in [-0.15, -0.1) is 10.2 Å². The molecule has 1 N–H and O–H groups in total. The van der Waals surface area contributed by atoms with Crippen LogP contribution < -0.4 is 5.32 Å². The average Bonchev–Trinajstić information content (AvgIpc) is 2.87. The van der Waals surface area contributed by atoms with E-state index >= 15 is 0 Å². The largest absolute Gasteiger partial charge is 0.351 e. The summed E-state index contributed by atoms with van der Waals surface area (Å²) in [4.78, 5) is 23.3. The van der Waals surface area contributed by atoms with Crippen molar-refractivity contribution < 1.29 is 14.0 Å². The minimum atomic E-state index is -0.559. The Morgan fingerprint density at radius 1 is 1.27 bits per heavy atom. The first-order valence-electron chi connectivity index (χ1n) is 8.27. The zero-order valence-electron chi connectivity index (χ0n) is 15.4. The van der Waals surface area contributed by atoms with Crippen LogP contribution in [-0.4, -0.2) is 37.7 Å². The van der Waals surface area contributed by atoms with E-state index in [9.17, 15) is 14.0 Å². The highest BCUT2D eigenvalue weighted by atomic mass is 32.2. The van der Waals surface area contributed by atoms with Gasteiger partial charge in [0.1, 0.15) is 11.6 Å². The van der Waals surface area contributed by atoms with Gasteiger partial charge in [0.15, 0.2) is 11.0 Å². The standard InChI is InChI=1S/C18H23FN4O2S/c1-12(24)11-18(2,3)20-15(25)9-10-26-17-22-21-16(23(17)4)13-7-5-6-8-14(13)19/h5-8H,9-11H2,1-4H3,(H,20,25). The molecule has 0 aliphatic carbocycles. The van der Waals surface area contributed by atoms with Gasteiger partial charge in [0.25, 0.3) is 0 Å². The molecule has 26 heavy (non-hydrogen) atoms. The van der Waals surface area contributed by atoms with E-state index in [1.54, 1.807) is 29.8 Å². The molecular formula is C18H23FN4O2S. The zero-order valence-corrected chi connectivity index (χ0v) is 16.2.